The lowest BCUT2D eigenvalue weighted by Crippen LogP contribution is -2.18. The summed E-state index contributed by atoms with van der Waals surface area (Å²) in [7, 11) is 0. The lowest BCUT2D eigenvalue weighted by Gasteiger charge is -2.18. The quantitative estimate of drug-likeness (QED) is 0.797. The smallest absolute Gasteiger partial charge is 0.306 e. The summed E-state index contributed by atoms with van der Waals surface area (Å²) in [5.41, 5.74) is 2.58. The van der Waals surface area contributed by atoms with Crippen LogP contribution in [0.1, 0.15) is 44.2 Å². The second kappa shape index (κ2) is 7.54. The van der Waals surface area contributed by atoms with E-state index in [1.807, 2.05) is 19.1 Å². The number of aliphatic carboxylic acids is 1. The molecular weight excluding hydrogens is 252 g/mol. The third-order valence-corrected chi connectivity index (χ3v) is 3.48. The Morgan fingerprint density at radius 1 is 1.40 bits per heavy atom. The highest BCUT2D eigenvalue weighted by Crippen LogP contribution is 2.22. The van der Waals surface area contributed by atoms with E-state index in [2.05, 4.69) is 18.3 Å². The molecule has 20 heavy (non-hydrogen) atoms. The standard InChI is InChI=1S/C16H22N2O2/c1-11-6-5-9-14(10-17)15(11)18-13(3)8-4-7-12(2)16(19)20/h5-6,9,12-13,18H,4,7-8H2,1-3H3,(H,19,20). The molecule has 2 unspecified atom stereocenters. The SMILES string of the molecule is Cc1cccc(C#N)c1NC(C)CCCC(C)C(=O)O. The van der Waals surface area contributed by atoms with Crippen LogP contribution in [0.5, 0.6) is 0 Å². The van der Waals surface area contributed by atoms with Crippen LogP contribution in [-0.4, -0.2) is 17.1 Å². The normalized spacial score (nSPS) is 13.3. The Hall–Kier alpha value is -2.02. The van der Waals surface area contributed by atoms with E-state index in [4.69, 9.17) is 10.4 Å². The Balaban J connectivity index is 2.53. The predicted octanol–water partition coefficient (Wildman–Crippen LogP) is 3.56. The van der Waals surface area contributed by atoms with E-state index >= 15 is 0 Å². The predicted molar refractivity (Wildman–Crippen MR) is 79.6 cm³/mol. The number of aryl methyl sites for hydroxylation is 1. The van der Waals surface area contributed by atoms with Gasteiger partial charge < -0.3 is 10.4 Å². The van der Waals surface area contributed by atoms with Gasteiger partial charge in [0, 0.05) is 6.04 Å². The molecular formula is C16H22N2O2. The summed E-state index contributed by atoms with van der Waals surface area (Å²) in [6, 6.07) is 8.05. The molecule has 0 aliphatic heterocycles. The van der Waals surface area contributed by atoms with Gasteiger partial charge in [-0.2, -0.15) is 5.26 Å². The average molecular weight is 274 g/mol. The van der Waals surface area contributed by atoms with Gasteiger partial charge in [0.25, 0.3) is 0 Å². The largest absolute Gasteiger partial charge is 0.481 e. The van der Waals surface area contributed by atoms with E-state index in [0.29, 0.717) is 12.0 Å². The molecule has 0 radical (unpaired) electrons. The lowest BCUT2D eigenvalue weighted by molar-refractivity contribution is -0.141. The maximum atomic E-state index is 10.7. The van der Waals surface area contributed by atoms with Gasteiger partial charge in [0.1, 0.15) is 6.07 Å². The van der Waals surface area contributed by atoms with Gasteiger partial charge in [-0.1, -0.05) is 25.5 Å². The monoisotopic (exact) mass is 274 g/mol. The number of para-hydroxylation sites is 1. The van der Waals surface area contributed by atoms with Crippen molar-refractivity contribution in [3.8, 4) is 6.07 Å². The van der Waals surface area contributed by atoms with Crippen molar-refractivity contribution >= 4 is 11.7 Å². The van der Waals surface area contributed by atoms with E-state index in [9.17, 15) is 4.79 Å². The summed E-state index contributed by atoms with van der Waals surface area (Å²) in [5.74, 6) is -1.04. The number of nitrogens with one attached hydrogen (secondary N) is 1. The first-order valence-electron chi connectivity index (χ1n) is 6.94. The highest BCUT2D eigenvalue weighted by molar-refractivity contribution is 5.69. The zero-order valence-electron chi connectivity index (χ0n) is 12.3. The van der Waals surface area contributed by atoms with E-state index in [1.54, 1.807) is 13.0 Å². The van der Waals surface area contributed by atoms with Gasteiger partial charge in [0.2, 0.25) is 0 Å². The molecule has 1 rings (SSSR count). The fourth-order valence-corrected chi connectivity index (χ4v) is 2.12. The number of anilines is 1. The van der Waals surface area contributed by atoms with Crippen LogP contribution in [0.2, 0.25) is 0 Å². The van der Waals surface area contributed by atoms with Crippen molar-refractivity contribution in [3.05, 3.63) is 29.3 Å². The van der Waals surface area contributed by atoms with Gasteiger partial charge in [0.15, 0.2) is 0 Å². The summed E-state index contributed by atoms with van der Waals surface area (Å²) in [6.07, 6.45) is 2.42. The van der Waals surface area contributed by atoms with Crippen LogP contribution < -0.4 is 5.32 Å². The molecule has 0 aliphatic carbocycles. The van der Waals surface area contributed by atoms with Crippen LogP contribution in [0.25, 0.3) is 0 Å². The number of nitriles is 1. The first-order valence-corrected chi connectivity index (χ1v) is 6.94. The highest BCUT2D eigenvalue weighted by Gasteiger charge is 2.12. The van der Waals surface area contributed by atoms with Crippen molar-refractivity contribution in [2.75, 3.05) is 5.32 Å². The molecule has 0 fully saturated rings. The Bertz CT molecular complexity index is 506. The first kappa shape index (κ1) is 16.0. The molecule has 0 spiro atoms. The number of hydrogen-bond donors (Lipinski definition) is 2. The molecule has 4 heteroatoms. The molecule has 2 N–H and O–H groups in total. The molecule has 0 heterocycles. The Morgan fingerprint density at radius 3 is 2.70 bits per heavy atom. The van der Waals surface area contributed by atoms with Crippen LogP contribution in [0, 0.1) is 24.2 Å². The van der Waals surface area contributed by atoms with Crippen LogP contribution >= 0.6 is 0 Å². The zero-order valence-corrected chi connectivity index (χ0v) is 12.3. The summed E-state index contributed by atoms with van der Waals surface area (Å²) in [6.45, 7) is 5.76. The zero-order chi connectivity index (χ0) is 15.1. The van der Waals surface area contributed by atoms with Crippen molar-refractivity contribution in [1.82, 2.24) is 0 Å². The number of rotatable bonds is 7. The van der Waals surface area contributed by atoms with E-state index in [0.717, 1.165) is 24.1 Å². The highest BCUT2D eigenvalue weighted by atomic mass is 16.4. The number of carbonyl (C=O) groups is 1. The molecule has 0 saturated carbocycles. The molecule has 0 amide bonds. The third kappa shape index (κ3) is 4.58. The van der Waals surface area contributed by atoms with Crippen LogP contribution in [-0.2, 0) is 4.79 Å². The van der Waals surface area contributed by atoms with Gasteiger partial charge in [0.05, 0.1) is 17.2 Å². The number of hydrogen-bond acceptors (Lipinski definition) is 3. The molecule has 0 bridgehead atoms. The first-order chi connectivity index (χ1) is 9.45. The Kier molecular flexibility index (Phi) is 6.05. The summed E-state index contributed by atoms with van der Waals surface area (Å²) in [5, 5.41) is 21.3. The average Bonchev–Trinajstić information content (AvgIpc) is 2.40. The number of benzene rings is 1. The topological polar surface area (TPSA) is 73.1 Å². The molecule has 4 nitrogen and oxygen atoms in total. The fraction of sp³-hybridized carbons (Fsp3) is 0.500. The van der Waals surface area contributed by atoms with Crippen LogP contribution in [0.15, 0.2) is 18.2 Å². The second-order valence-corrected chi connectivity index (χ2v) is 5.32. The van der Waals surface area contributed by atoms with E-state index in [-0.39, 0.29) is 12.0 Å². The molecule has 0 aliphatic rings. The Morgan fingerprint density at radius 2 is 2.10 bits per heavy atom. The van der Waals surface area contributed by atoms with Crippen molar-refractivity contribution in [2.24, 2.45) is 5.92 Å². The number of carboxylic acid groups (broad SMARTS) is 1. The Labute approximate surface area is 120 Å². The third-order valence-electron chi connectivity index (χ3n) is 3.48. The van der Waals surface area contributed by atoms with E-state index in [1.165, 1.54) is 0 Å². The molecule has 1 aromatic rings. The molecule has 108 valence electrons. The maximum Gasteiger partial charge on any atom is 0.306 e. The van der Waals surface area contributed by atoms with Gasteiger partial charge in [-0.25, -0.2) is 0 Å². The molecule has 0 aromatic heterocycles. The van der Waals surface area contributed by atoms with Crippen LogP contribution in [0.4, 0.5) is 5.69 Å². The van der Waals surface area contributed by atoms with Crippen molar-refractivity contribution in [1.29, 1.82) is 5.26 Å². The van der Waals surface area contributed by atoms with Gasteiger partial charge >= 0.3 is 5.97 Å². The minimum atomic E-state index is -0.740. The van der Waals surface area contributed by atoms with Gasteiger partial charge in [-0.15, -0.1) is 0 Å². The second-order valence-electron chi connectivity index (χ2n) is 5.32. The number of carboxylic acids is 1. The van der Waals surface area contributed by atoms with Crippen molar-refractivity contribution < 1.29 is 9.90 Å². The molecule has 0 saturated heterocycles. The minimum Gasteiger partial charge on any atom is -0.481 e. The van der Waals surface area contributed by atoms with Crippen molar-refractivity contribution in [3.63, 3.8) is 0 Å². The summed E-state index contributed by atoms with van der Waals surface area (Å²) < 4.78 is 0. The number of nitrogens with zero attached hydrogens (tertiary/aromatic N) is 1. The van der Waals surface area contributed by atoms with Gasteiger partial charge in [-0.05, 0) is 38.3 Å². The maximum absolute atomic E-state index is 10.7. The van der Waals surface area contributed by atoms with Crippen LogP contribution in [0.3, 0.4) is 0 Å². The summed E-state index contributed by atoms with van der Waals surface area (Å²) >= 11 is 0. The van der Waals surface area contributed by atoms with Crippen molar-refractivity contribution in [2.45, 2.75) is 46.1 Å². The fourth-order valence-electron chi connectivity index (χ4n) is 2.12. The van der Waals surface area contributed by atoms with Gasteiger partial charge in [-0.3, -0.25) is 4.79 Å². The lowest BCUT2D eigenvalue weighted by atomic mass is 10.0. The van der Waals surface area contributed by atoms with E-state index < -0.39 is 5.97 Å². The summed E-state index contributed by atoms with van der Waals surface area (Å²) in [4.78, 5) is 10.7. The molecule has 1 aromatic carbocycles. The minimum absolute atomic E-state index is 0.212. The molecule has 2 atom stereocenters.